The summed E-state index contributed by atoms with van der Waals surface area (Å²) < 4.78 is 13.7. The summed E-state index contributed by atoms with van der Waals surface area (Å²) in [5.41, 5.74) is 8.75. The van der Waals surface area contributed by atoms with E-state index in [2.05, 4.69) is 13.0 Å². The zero-order chi connectivity index (χ0) is 20.7. The summed E-state index contributed by atoms with van der Waals surface area (Å²) in [5, 5.41) is 9.93. The number of benzene rings is 1. The van der Waals surface area contributed by atoms with Gasteiger partial charge in [-0.1, -0.05) is 18.5 Å². The number of thiophene rings is 1. The number of carbonyl (C=O) groups excluding carboxylic acids is 1. The van der Waals surface area contributed by atoms with Gasteiger partial charge in [-0.25, -0.2) is 4.39 Å². The van der Waals surface area contributed by atoms with Gasteiger partial charge in [0.15, 0.2) is 5.78 Å². The Morgan fingerprint density at radius 2 is 2.14 bits per heavy atom. The van der Waals surface area contributed by atoms with Crippen molar-refractivity contribution in [3.05, 3.63) is 73.6 Å². The molecule has 29 heavy (non-hydrogen) atoms. The molecule has 0 spiro atoms. The molecule has 0 saturated heterocycles. The van der Waals surface area contributed by atoms with Crippen LogP contribution in [0.1, 0.15) is 41.9 Å². The van der Waals surface area contributed by atoms with Gasteiger partial charge < -0.3 is 5.73 Å². The highest BCUT2D eigenvalue weighted by Crippen LogP contribution is 2.47. The maximum Gasteiger partial charge on any atom is 0.161 e. The number of rotatable bonds is 3. The van der Waals surface area contributed by atoms with Crippen LogP contribution in [0.25, 0.3) is 0 Å². The van der Waals surface area contributed by atoms with Crippen molar-refractivity contribution in [3.63, 3.8) is 0 Å². The van der Waals surface area contributed by atoms with Crippen molar-refractivity contribution in [2.45, 2.75) is 38.5 Å². The van der Waals surface area contributed by atoms with Crippen LogP contribution in [0.2, 0.25) is 5.02 Å². The maximum absolute atomic E-state index is 13.7. The number of carbonyl (C=O) groups is 1. The minimum Gasteiger partial charge on any atom is -0.384 e. The van der Waals surface area contributed by atoms with Crippen LogP contribution in [0.3, 0.4) is 0 Å². The van der Waals surface area contributed by atoms with E-state index in [1.54, 1.807) is 22.3 Å². The minimum atomic E-state index is -0.534. The molecule has 4 rings (SSSR count). The van der Waals surface area contributed by atoms with Gasteiger partial charge in [0.05, 0.1) is 22.6 Å². The third-order valence-corrected chi connectivity index (χ3v) is 6.97. The highest BCUT2D eigenvalue weighted by molar-refractivity contribution is 7.12. The number of nitrogens with two attached hydrogens (primary N) is 1. The average molecular weight is 428 g/mol. The van der Waals surface area contributed by atoms with E-state index in [4.69, 9.17) is 17.3 Å². The monoisotopic (exact) mass is 427 g/mol. The number of nitrogens with zero attached hydrogens (tertiary/aromatic N) is 2. The van der Waals surface area contributed by atoms with E-state index in [1.807, 2.05) is 12.1 Å². The van der Waals surface area contributed by atoms with E-state index in [0.29, 0.717) is 36.1 Å². The van der Waals surface area contributed by atoms with Crippen LogP contribution >= 0.6 is 22.9 Å². The van der Waals surface area contributed by atoms with Crippen LogP contribution in [0, 0.1) is 17.1 Å². The molecule has 1 aliphatic carbocycles. The van der Waals surface area contributed by atoms with Crippen LogP contribution < -0.4 is 10.6 Å². The zero-order valence-corrected chi connectivity index (χ0v) is 17.4. The second-order valence-electron chi connectivity index (χ2n) is 7.07. The Morgan fingerprint density at radius 3 is 2.79 bits per heavy atom. The van der Waals surface area contributed by atoms with Gasteiger partial charge in [0.2, 0.25) is 0 Å². The van der Waals surface area contributed by atoms with Crippen molar-refractivity contribution in [2.24, 2.45) is 5.73 Å². The summed E-state index contributed by atoms with van der Waals surface area (Å²) >= 11 is 7.60. The second-order valence-corrected chi connectivity index (χ2v) is 8.68. The van der Waals surface area contributed by atoms with Crippen LogP contribution in [0.15, 0.2) is 53.0 Å². The number of halogens is 2. The molecule has 0 fully saturated rings. The topological polar surface area (TPSA) is 70.1 Å². The quantitative estimate of drug-likeness (QED) is 0.711. The number of Topliss-reactive ketones (excluding diaryl/α,β-unsaturated/α-hetero) is 1. The molecule has 2 heterocycles. The predicted molar refractivity (Wildman–Crippen MR) is 113 cm³/mol. The first-order chi connectivity index (χ1) is 14.0. The maximum atomic E-state index is 13.7. The van der Waals surface area contributed by atoms with Gasteiger partial charge >= 0.3 is 0 Å². The van der Waals surface area contributed by atoms with Crippen LogP contribution in [-0.4, -0.2) is 5.78 Å². The molecule has 1 unspecified atom stereocenters. The number of aryl methyl sites for hydroxylation is 1. The molecule has 2 aliphatic rings. The molecule has 2 aromatic rings. The van der Waals surface area contributed by atoms with E-state index in [-0.39, 0.29) is 16.6 Å². The van der Waals surface area contributed by atoms with Crippen molar-refractivity contribution < 1.29 is 9.18 Å². The highest BCUT2D eigenvalue weighted by Gasteiger charge is 2.40. The molecule has 7 heteroatoms. The Bertz CT molecular complexity index is 1110. The first kappa shape index (κ1) is 19.7. The average Bonchev–Trinajstić information content (AvgIpc) is 3.18. The Morgan fingerprint density at radius 1 is 1.34 bits per heavy atom. The molecule has 1 aliphatic heterocycles. The molecule has 2 N–H and O–H groups in total. The van der Waals surface area contributed by atoms with Gasteiger partial charge in [-0.05, 0) is 49.6 Å². The number of ketones is 1. The van der Waals surface area contributed by atoms with Crippen molar-refractivity contribution in [1.82, 2.24) is 0 Å². The fourth-order valence-electron chi connectivity index (χ4n) is 4.03. The molecule has 148 valence electrons. The summed E-state index contributed by atoms with van der Waals surface area (Å²) in [5.74, 6) is -0.700. The minimum absolute atomic E-state index is 0.0288. The van der Waals surface area contributed by atoms with E-state index in [1.165, 1.54) is 17.0 Å². The normalized spacial score (nSPS) is 19.4. The number of allylic oxidation sites excluding steroid dienone is 3. The van der Waals surface area contributed by atoms with E-state index >= 15 is 0 Å². The first-order valence-corrected chi connectivity index (χ1v) is 10.7. The van der Waals surface area contributed by atoms with Gasteiger partial charge in [0, 0.05) is 33.1 Å². The second kappa shape index (κ2) is 7.66. The third kappa shape index (κ3) is 3.25. The first-order valence-electron chi connectivity index (χ1n) is 9.46. The van der Waals surface area contributed by atoms with E-state index in [0.717, 1.165) is 17.0 Å². The molecule has 0 bridgehead atoms. The Kier molecular flexibility index (Phi) is 5.20. The lowest BCUT2D eigenvalue weighted by Crippen LogP contribution is -2.38. The van der Waals surface area contributed by atoms with Crippen LogP contribution in [0.4, 0.5) is 10.1 Å². The summed E-state index contributed by atoms with van der Waals surface area (Å²) in [4.78, 5) is 16.8. The van der Waals surface area contributed by atoms with Crippen molar-refractivity contribution in [2.75, 3.05) is 4.90 Å². The van der Waals surface area contributed by atoms with Gasteiger partial charge in [-0.3, -0.25) is 9.69 Å². The number of hydrogen-bond acceptors (Lipinski definition) is 5. The van der Waals surface area contributed by atoms with Crippen LogP contribution in [-0.2, 0) is 11.2 Å². The summed E-state index contributed by atoms with van der Waals surface area (Å²) in [6, 6.07) is 10.6. The van der Waals surface area contributed by atoms with Gasteiger partial charge in [-0.2, -0.15) is 5.26 Å². The lowest BCUT2D eigenvalue weighted by atomic mass is 9.78. The fourth-order valence-corrected chi connectivity index (χ4v) is 5.28. The number of hydrogen-bond donors (Lipinski definition) is 1. The fraction of sp³-hybridized carbons (Fsp3) is 0.273. The largest absolute Gasteiger partial charge is 0.384 e. The molecule has 0 amide bonds. The van der Waals surface area contributed by atoms with E-state index < -0.39 is 11.7 Å². The smallest absolute Gasteiger partial charge is 0.161 e. The molecular weight excluding hydrogens is 409 g/mol. The summed E-state index contributed by atoms with van der Waals surface area (Å²) in [6.07, 6.45) is 2.68. The molecule has 0 saturated carbocycles. The number of anilines is 1. The third-order valence-electron chi connectivity index (χ3n) is 5.39. The lowest BCUT2D eigenvalue weighted by Gasteiger charge is -2.39. The lowest BCUT2D eigenvalue weighted by molar-refractivity contribution is -0.116. The van der Waals surface area contributed by atoms with Gasteiger partial charge in [-0.15, -0.1) is 11.3 Å². The predicted octanol–water partition coefficient (Wildman–Crippen LogP) is 5.41. The van der Waals surface area contributed by atoms with E-state index in [9.17, 15) is 14.4 Å². The molecule has 1 atom stereocenters. The van der Waals surface area contributed by atoms with Crippen LogP contribution in [0.5, 0.6) is 0 Å². The molecule has 1 aromatic carbocycles. The molecule has 1 aromatic heterocycles. The molecule has 0 radical (unpaired) electrons. The van der Waals surface area contributed by atoms with Crippen molar-refractivity contribution in [3.8, 4) is 6.07 Å². The SMILES string of the molecule is CCc1ccc(C2C(C#N)=C(N)N(c3ccc(F)c(Cl)c3)C3=C2C(=O)CCC3)s1. The zero-order valence-electron chi connectivity index (χ0n) is 15.8. The van der Waals surface area contributed by atoms with Crippen molar-refractivity contribution in [1.29, 1.82) is 5.26 Å². The Balaban J connectivity index is 1.95. The highest BCUT2D eigenvalue weighted by atomic mass is 35.5. The van der Waals surface area contributed by atoms with Gasteiger partial charge in [0.25, 0.3) is 0 Å². The Labute approximate surface area is 177 Å². The molecule has 4 nitrogen and oxygen atoms in total. The molecular formula is C22H19ClFN3OS. The summed E-state index contributed by atoms with van der Waals surface area (Å²) in [6.45, 7) is 2.07. The Hall–Kier alpha value is -2.62. The van der Waals surface area contributed by atoms with Crippen molar-refractivity contribution >= 4 is 34.4 Å². The summed E-state index contributed by atoms with van der Waals surface area (Å²) in [7, 11) is 0. The standard InChI is InChI=1S/C22H19ClFN3OS/c1-2-13-7-9-19(29-13)20-14(11-25)22(26)27(12-6-8-16(24)15(23)10-12)17-4-3-5-18(28)21(17)20/h6-10,20H,2-5,26H2,1H3. The van der Waals surface area contributed by atoms with Gasteiger partial charge in [0.1, 0.15) is 11.6 Å². The number of nitriles is 1.